The molecular weight excluding hydrogens is 289 g/mol. The lowest BCUT2D eigenvalue weighted by atomic mass is 10.1. The summed E-state index contributed by atoms with van der Waals surface area (Å²) < 4.78 is 20.0. The van der Waals surface area contributed by atoms with Gasteiger partial charge in [-0.15, -0.1) is 0 Å². The van der Waals surface area contributed by atoms with E-state index in [0.717, 1.165) is 35.9 Å². The molecule has 2 aromatic carbocycles. The van der Waals surface area contributed by atoms with Gasteiger partial charge in [0.2, 0.25) is 0 Å². The monoisotopic (exact) mass is 309 g/mol. The SMILES string of the molecule is CCCCCOc1cc(-c2ccccc2F)nc2ccccc12. The molecule has 0 N–H and O–H groups in total. The molecule has 0 saturated heterocycles. The van der Waals surface area contributed by atoms with Crippen molar-refractivity contribution >= 4 is 10.9 Å². The number of fused-ring (bicyclic) bond motifs is 1. The Morgan fingerprint density at radius 1 is 1.00 bits per heavy atom. The third kappa shape index (κ3) is 3.50. The van der Waals surface area contributed by atoms with Gasteiger partial charge in [0.25, 0.3) is 0 Å². The van der Waals surface area contributed by atoms with E-state index < -0.39 is 0 Å². The standard InChI is InChI=1S/C20H20FNO/c1-2-3-8-13-23-20-14-19(15-9-4-6-11-17(15)21)22-18-12-7-5-10-16(18)20/h4-7,9-12,14H,2-3,8,13H2,1H3. The van der Waals surface area contributed by atoms with Crippen LogP contribution in [0.3, 0.4) is 0 Å². The first-order chi connectivity index (χ1) is 11.3. The van der Waals surface area contributed by atoms with Crippen LogP contribution in [0.25, 0.3) is 22.2 Å². The van der Waals surface area contributed by atoms with Gasteiger partial charge in [0.15, 0.2) is 0 Å². The topological polar surface area (TPSA) is 22.1 Å². The Bertz CT molecular complexity index is 801. The number of para-hydroxylation sites is 1. The van der Waals surface area contributed by atoms with E-state index in [-0.39, 0.29) is 5.82 Å². The van der Waals surface area contributed by atoms with Crippen molar-refractivity contribution in [1.29, 1.82) is 0 Å². The fourth-order valence-electron chi connectivity index (χ4n) is 2.60. The molecule has 118 valence electrons. The predicted octanol–water partition coefficient (Wildman–Crippen LogP) is 5.61. The molecule has 0 amide bonds. The van der Waals surface area contributed by atoms with Crippen LogP contribution < -0.4 is 4.74 Å². The number of halogens is 1. The minimum absolute atomic E-state index is 0.271. The quantitative estimate of drug-likeness (QED) is 0.552. The van der Waals surface area contributed by atoms with Gasteiger partial charge in [-0.1, -0.05) is 44.0 Å². The van der Waals surface area contributed by atoms with E-state index in [1.165, 1.54) is 6.07 Å². The fraction of sp³-hybridized carbons (Fsp3) is 0.250. The molecule has 3 aromatic rings. The Balaban J connectivity index is 2.01. The van der Waals surface area contributed by atoms with Crippen molar-refractivity contribution < 1.29 is 9.13 Å². The highest BCUT2D eigenvalue weighted by Gasteiger charge is 2.11. The zero-order valence-corrected chi connectivity index (χ0v) is 13.3. The van der Waals surface area contributed by atoms with Crippen LogP contribution in [0.5, 0.6) is 5.75 Å². The van der Waals surface area contributed by atoms with Crippen LogP contribution in [0.4, 0.5) is 4.39 Å². The molecule has 0 aliphatic rings. The van der Waals surface area contributed by atoms with E-state index in [1.807, 2.05) is 36.4 Å². The second-order valence-electron chi connectivity index (χ2n) is 5.56. The lowest BCUT2D eigenvalue weighted by Crippen LogP contribution is -1.99. The number of nitrogens with zero attached hydrogens (tertiary/aromatic N) is 1. The summed E-state index contributed by atoms with van der Waals surface area (Å²) in [4.78, 5) is 4.59. The molecule has 0 unspecified atom stereocenters. The summed E-state index contributed by atoms with van der Waals surface area (Å²) in [5.74, 6) is 0.497. The average Bonchev–Trinajstić information content (AvgIpc) is 2.59. The van der Waals surface area contributed by atoms with E-state index in [9.17, 15) is 4.39 Å². The van der Waals surface area contributed by atoms with Gasteiger partial charge in [0, 0.05) is 17.0 Å². The summed E-state index contributed by atoms with van der Waals surface area (Å²) >= 11 is 0. The zero-order valence-electron chi connectivity index (χ0n) is 13.3. The molecular formula is C20H20FNO. The van der Waals surface area contributed by atoms with Crippen LogP contribution in [0.2, 0.25) is 0 Å². The van der Waals surface area contributed by atoms with Crippen LogP contribution in [0.15, 0.2) is 54.6 Å². The van der Waals surface area contributed by atoms with Crippen molar-refractivity contribution in [1.82, 2.24) is 4.98 Å². The normalized spacial score (nSPS) is 10.9. The van der Waals surface area contributed by atoms with Crippen LogP contribution >= 0.6 is 0 Å². The van der Waals surface area contributed by atoms with Gasteiger partial charge in [0.1, 0.15) is 11.6 Å². The molecule has 3 rings (SSSR count). The van der Waals surface area contributed by atoms with Gasteiger partial charge in [-0.25, -0.2) is 9.37 Å². The first kappa shape index (κ1) is 15.5. The number of unbranched alkanes of at least 4 members (excludes halogenated alkanes) is 2. The second-order valence-corrected chi connectivity index (χ2v) is 5.56. The highest BCUT2D eigenvalue weighted by molar-refractivity contribution is 5.87. The van der Waals surface area contributed by atoms with Crippen LogP contribution in [-0.4, -0.2) is 11.6 Å². The molecule has 0 bridgehead atoms. The third-order valence-corrected chi connectivity index (χ3v) is 3.83. The number of hydrogen-bond donors (Lipinski definition) is 0. The van der Waals surface area contributed by atoms with Crippen LogP contribution in [0.1, 0.15) is 26.2 Å². The van der Waals surface area contributed by atoms with E-state index in [0.29, 0.717) is 17.9 Å². The molecule has 23 heavy (non-hydrogen) atoms. The number of hydrogen-bond acceptors (Lipinski definition) is 2. The molecule has 0 aliphatic heterocycles. The molecule has 0 spiro atoms. The van der Waals surface area contributed by atoms with Gasteiger partial charge in [-0.2, -0.15) is 0 Å². The lowest BCUT2D eigenvalue weighted by Gasteiger charge is -2.12. The molecule has 0 atom stereocenters. The molecule has 1 heterocycles. The minimum Gasteiger partial charge on any atom is -0.493 e. The zero-order chi connectivity index (χ0) is 16.1. The average molecular weight is 309 g/mol. The Morgan fingerprint density at radius 3 is 2.61 bits per heavy atom. The Labute approximate surface area is 135 Å². The first-order valence-corrected chi connectivity index (χ1v) is 8.07. The molecule has 1 aromatic heterocycles. The summed E-state index contributed by atoms with van der Waals surface area (Å²) in [6.07, 6.45) is 3.31. The van der Waals surface area contributed by atoms with Gasteiger partial charge >= 0.3 is 0 Å². The summed E-state index contributed by atoms with van der Waals surface area (Å²) in [5, 5.41) is 0.962. The maximum atomic E-state index is 14.1. The fourth-order valence-corrected chi connectivity index (χ4v) is 2.60. The van der Waals surface area contributed by atoms with E-state index in [2.05, 4.69) is 11.9 Å². The van der Waals surface area contributed by atoms with Crippen molar-refractivity contribution in [2.45, 2.75) is 26.2 Å². The van der Waals surface area contributed by atoms with Gasteiger partial charge in [-0.3, -0.25) is 0 Å². The second kappa shape index (κ2) is 7.23. The van der Waals surface area contributed by atoms with E-state index in [1.54, 1.807) is 12.1 Å². The van der Waals surface area contributed by atoms with Crippen LogP contribution in [0, 0.1) is 5.82 Å². The van der Waals surface area contributed by atoms with Crippen molar-refractivity contribution in [2.75, 3.05) is 6.61 Å². The summed E-state index contributed by atoms with van der Waals surface area (Å²) in [6, 6.07) is 16.3. The van der Waals surface area contributed by atoms with Crippen molar-refractivity contribution in [2.24, 2.45) is 0 Å². The predicted molar refractivity (Wildman–Crippen MR) is 92.2 cm³/mol. The van der Waals surface area contributed by atoms with E-state index >= 15 is 0 Å². The van der Waals surface area contributed by atoms with Crippen molar-refractivity contribution in [3.63, 3.8) is 0 Å². The Morgan fingerprint density at radius 2 is 1.78 bits per heavy atom. The van der Waals surface area contributed by atoms with Gasteiger partial charge < -0.3 is 4.74 Å². The number of rotatable bonds is 6. The number of pyridine rings is 1. The molecule has 3 heteroatoms. The maximum Gasteiger partial charge on any atom is 0.132 e. The maximum absolute atomic E-state index is 14.1. The highest BCUT2D eigenvalue weighted by atomic mass is 19.1. The summed E-state index contributed by atoms with van der Waals surface area (Å²) in [6.45, 7) is 2.83. The molecule has 0 saturated carbocycles. The highest BCUT2D eigenvalue weighted by Crippen LogP contribution is 2.31. The van der Waals surface area contributed by atoms with E-state index in [4.69, 9.17) is 4.74 Å². The van der Waals surface area contributed by atoms with Gasteiger partial charge in [-0.05, 0) is 30.7 Å². The minimum atomic E-state index is -0.271. The van der Waals surface area contributed by atoms with Crippen molar-refractivity contribution in [3.8, 4) is 17.0 Å². The summed E-state index contributed by atoms with van der Waals surface area (Å²) in [7, 11) is 0. The smallest absolute Gasteiger partial charge is 0.132 e. The molecule has 2 nitrogen and oxygen atoms in total. The molecule has 0 fully saturated rings. The van der Waals surface area contributed by atoms with Crippen LogP contribution in [-0.2, 0) is 0 Å². The van der Waals surface area contributed by atoms with Gasteiger partial charge in [0.05, 0.1) is 17.8 Å². The lowest BCUT2D eigenvalue weighted by molar-refractivity contribution is 0.309. The first-order valence-electron chi connectivity index (χ1n) is 8.07. The Hall–Kier alpha value is -2.42. The number of ether oxygens (including phenoxy) is 1. The number of aromatic nitrogens is 1. The molecule has 0 radical (unpaired) electrons. The largest absolute Gasteiger partial charge is 0.493 e. The third-order valence-electron chi connectivity index (χ3n) is 3.83. The number of benzene rings is 2. The Kier molecular flexibility index (Phi) is 4.86. The van der Waals surface area contributed by atoms with Crippen molar-refractivity contribution in [3.05, 3.63) is 60.4 Å². The summed E-state index contributed by atoms with van der Waals surface area (Å²) in [5.41, 5.74) is 1.92. The molecule has 0 aliphatic carbocycles.